The fraction of sp³-hybridized carbons (Fsp3) is 0.421. The van der Waals surface area contributed by atoms with Gasteiger partial charge in [0.05, 0.1) is 17.8 Å². The standard InChI is InChI=1S/C19H22N4O3S/c1-23-15-8-7-12(9-16(15)26-19(23)25)14-11-27-17(22-14)10-20-18(24)21-13-5-3-2-4-6-13/h7-9,11,13H,2-6,10H2,1H3,(H2,20,21,24). The first-order chi connectivity index (χ1) is 13.1. The largest absolute Gasteiger partial charge is 0.419 e. The van der Waals surface area contributed by atoms with Crippen LogP contribution in [0.3, 0.4) is 0 Å². The normalized spacial score (nSPS) is 15.1. The number of hydrogen-bond acceptors (Lipinski definition) is 5. The van der Waals surface area contributed by atoms with Crippen molar-refractivity contribution in [3.63, 3.8) is 0 Å². The highest BCUT2D eigenvalue weighted by Gasteiger charge is 2.16. The second kappa shape index (κ2) is 7.56. The van der Waals surface area contributed by atoms with Crippen molar-refractivity contribution in [2.45, 2.75) is 44.7 Å². The molecule has 27 heavy (non-hydrogen) atoms. The number of nitrogens with zero attached hydrogens (tertiary/aromatic N) is 2. The minimum atomic E-state index is -0.380. The van der Waals surface area contributed by atoms with Gasteiger partial charge in [0, 0.05) is 24.0 Å². The van der Waals surface area contributed by atoms with Gasteiger partial charge < -0.3 is 15.1 Å². The third-order valence-electron chi connectivity index (χ3n) is 4.98. The number of thiazole rings is 1. The van der Waals surface area contributed by atoms with E-state index < -0.39 is 0 Å². The molecule has 0 spiro atoms. The Labute approximate surface area is 160 Å². The van der Waals surface area contributed by atoms with Crippen molar-refractivity contribution in [3.05, 3.63) is 39.1 Å². The van der Waals surface area contributed by atoms with Crippen LogP contribution >= 0.6 is 11.3 Å². The number of rotatable bonds is 4. The zero-order chi connectivity index (χ0) is 18.8. The van der Waals surface area contributed by atoms with Crippen molar-refractivity contribution in [2.24, 2.45) is 7.05 Å². The summed E-state index contributed by atoms with van der Waals surface area (Å²) in [6.45, 7) is 0.395. The summed E-state index contributed by atoms with van der Waals surface area (Å²) in [5.74, 6) is -0.380. The highest BCUT2D eigenvalue weighted by molar-refractivity contribution is 7.09. The topological polar surface area (TPSA) is 89.2 Å². The number of benzene rings is 1. The second-order valence-electron chi connectivity index (χ2n) is 6.90. The van der Waals surface area contributed by atoms with Crippen LogP contribution in [-0.4, -0.2) is 21.6 Å². The number of fused-ring (bicyclic) bond motifs is 1. The molecule has 0 aliphatic heterocycles. The van der Waals surface area contributed by atoms with Crippen LogP contribution < -0.4 is 16.4 Å². The van der Waals surface area contributed by atoms with Crippen molar-refractivity contribution in [1.82, 2.24) is 20.2 Å². The van der Waals surface area contributed by atoms with Crippen LogP contribution in [0, 0.1) is 0 Å². The maximum atomic E-state index is 12.1. The molecule has 1 aliphatic carbocycles. The van der Waals surface area contributed by atoms with E-state index in [1.807, 2.05) is 23.6 Å². The quantitative estimate of drug-likeness (QED) is 0.719. The number of carbonyl (C=O) groups is 1. The summed E-state index contributed by atoms with van der Waals surface area (Å²) in [4.78, 5) is 28.3. The fourth-order valence-electron chi connectivity index (χ4n) is 3.46. The van der Waals surface area contributed by atoms with Gasteiger partial charge in [0.1, 0.15) is 5.01 Å². The average Bonchev–Trinajstić information content (AvgIpc) is 3.26. The maximum absolute atomic E-state index is 12.1. The van der Waals surface area contributed by atoms with Gasteiger partial charge in [-0.1, -0.05) is 25.3 Å². The highest BCUT2D eigenvalue weighted by Crippen LogP contribution is 2.25. The van der Waals surface area contributed by atoms with Crippen molar-refractivity contribution in [3.8, 4) is 11.3 Å². The predicted octanol–water partition coefficient (Wildman–Crippen LogP) is 3.39. The lowest BCUT2D eigenvalue weighted by Crippen LogP contribution is -2.42. The summed E-state index contributed by atoms with van der Waals surface area (Å²) in [6, 6.07) is 5.74. The van der Waals surface area contributed by atoms with E-state index in [1.54, 1.807) is 7.05 Å². The summed E-state index contributed by atoms with van der Waals surface area (Å²) in [5.41, 5.74) is 2.98. The Hall–Kier alpha value is -2.61. The monoisotopic (exact) mass is 386 g/mol. The first-order valence-electron chi connectivity index (χ1n) is 9.19. The fourth-order valence-corrected chi connectivity index (χ4v) is 4.20. The first-order valence-corrected chi connectivity index (χ1v) is 10.1. The molecule has 1 aromatic carbocycles. The molecule has 2 amide bonds. The van der Waals surface area contributed by atoms with Gasteiger partial charge in [0.15, 0.2) is 5.58 Å². The third kappa shape index (κ3) is 3.90. The Morgan fingerprint density at radius 1 is 1.33 bits per heavy atom. The predicted molar refractivity (Wildman–Crippen MR) is 105 cm³/mol. The Balaban J connectivity index is 1.39. The average molecular weight is 386 g/mol. The molecular weight excluding hydrogens is 364 g/mol. The van der Waals surface area contributed by atoms with Crippen LogP contribution in [0.4, 0.5) is 4.79 Å². The number of oxazole rings is 1. The number of hydrogen-bond donors (Lipinski definition) is 2. The Bertz CT molecular complexity index is 1010. The number of amides is 2. The van der Waals surface area contributed by atoms with E-state index in [0.29, 0.717) is 12.1 Å². The molecule has 0 radical (unpaired) electrons. The SMILES string of the molecule is Cn1c(=O)oc2cc(-c3csc(CNC(=O)NC4CCCCC4)n3)ccc21. The summed E-state index contributed by atoms with van der Waals surface area (Å²) >= 11 is 1.50. The lowest BCUT2D eigenvalue weighted by Gasteiger charge is -2.22. The molecule has 142 valence electrons. The summed E-state index contributed by atoms with van der Waals surface area (Å²) in [6.07, 6.45) is 5.76. The van der Waals surface area contributed by atoms with E-state index in [4.69, 9.17) is 4.42 Å². The zero-order valence-electron chi connectivity index (χ0n) is 15.2. The Kier molecular flexibility index (Phi) is 4.98. The van der Waals surface area contributed by atoms with Crippen LogP contribution in [-0.2, 0) is 13.6 Å². The summed E-state index contributed by atoms with van der Waals surface area (Å²) in [5, 5.41) is 8.70. The maximum Gasteiger partial charge on any atom is 0.419 e. The molecule has 8 heteroatoms. The van der Waals surface area contributed by atoms with Crippen LogP contribution in [0.25, 0.3) is 22.4 Å². The molecule has 0 unspecified atom stereocenters. The Morgan fingerprint density at radius 2 is 2.15 bits per heavy atom. The van der Waals surface area contributed by atoms with E-state index in [1.165, 1.54) is 35.2 Å². The smallest absolute Gasteiger partial charge is 0.408 e. The van der Waals surface area contributed by atoms with Gasteiger partial charge in [0.2, 0.25) is 0 Å². The lowest BCUT2D eigenvalue weighted by atomic mass is 9.96. The molecule has 3 aromatic rings. The van der Waals surface area contributed by atoms with Gasteiger partial charge in [-0.15, -0.1) is 11.3 Å². The van der Waals surface area contributed by atoms with Crippen LogP contribution in [0.2, 0.25) is 0 Å². The summed E-state index contributed by atoms with van der Waals surface area (Å²) in [7, 11) is 1.68. The van der Waals surface area contributed by atoms with Crippen molar-refractivity contribution in [2.75, 3.05) is 0 Å². The Morgan fingerprint density at radius 3 is 2.96 bits per heavy atom. The molecule has 2 aromatic heterocycles. The van der Waals surface area contributed by atoms with Gasteiger partial charge in [-0.2, -0.15) is 0 Å². The molecule has 1 aliphatic rings. The molecule has 0 atom stereocenters. The molecule has 2 heterocycles. The van der Waals surface area contributed by atoms with Gasteiger partial charge in [-0.3, -0.25) is 4.57 Å². The highest BCUT2D eigenvalue weighted by atomic mass is 32.1. The molecule has 7 nitrogen and oxygen atoms in total. The molecule has 0 saturated heterocycles. The number of carbonyl (C=O) groups excluding carboxylic acids is 1. The minimum absolute atomic E-state index is 0.133. The minimum Gasteiger partial charge on any atom is -0.408 e. The van der Waals surface area contributed by atoms with Gasteiger partial charge >= 0.3 is 11.8 Å². The van der Waals surface area contributed by atoms with Crippen molar-refractivity contribution < 1.29 is 9.21 Å². The van der Waals surface area contributed by atoms with Crippen molar-refractivity contribution >= 4 is 28.5 Å². The number of nitrogens with one attached hydrogen (secondary N) is 2. The van der Waals surface area contributed by atoms with E-state index in [2.05, 4.69) is 15.6 Å². The van der Waals surface area contributed by atoms with E-state index in [9.17, 15) is 9.59 Å². The number of urea groups is 1. The van der Waals surface area contributed by atoms with E-state index >= 15 is 0 Å². The third-order valence-corrected chi connectivity index (χ3v) is 5.83. The van der Waals surface area contributed by atoms with Crippen LogP contribution in [0.15, 0.2) is 32.8 Å². The van der Waals surface area contributed by atoms with E-state index in [-0.39, 0.29) is 17.8 Å². The molecule has 1 fully saturated rings. The molecule has 4 rings (SSSR count). The van der Waals surface area contributed by atoms with Gasteiger partial charge in [-0.25, -0.2) is 14.6 Å². The van der Waals surface area contributed by atoms with Crippen molar-refractivity contribution in [1.29, 1.82) is 0 Å². The second-order valence-corrected chi connectivity index (χ2v) is 7.84. The molecule has 2 N–H and O–H groups in total. The summed E-state index contributed by atoms with van der Waals surface area (Å²) < 4.78 is 6.71. The number of aromatic nitrogens is 2. The molecule has 1 saturated carbocycles. The molecular formula is C19H22N4O3S. The number of aryl methyl sites for hydroxylation is 1. The zero-order valence-corrected chi connectivity index (χ0v) is 16.0. The lowest BCUT2D eigenvalue weighted by molar-refractivity contribution is 0.232. The van der Waals surface area contributed by atoms with Gasteiger partial charge in [-0.05, 0) is 25.0 Å². The van der Waals surface area contributed by atoms with Crippen LogP contribution in [0.5, 0.6) is 0 Å². The van der Waals surface area contributed by atoms with Crippen LogP contribution in [0.1, 0.15) is 37.1 Å². The molecule has 0 bridgehead atoms. The van der Waals surface area contributed by atoms with E-state index in [0.717, 1.165) is 34.6 Å². The first kappa shape index (κ1) is 17.8. The van der Waals surface area contributed by atoms with Gasteiger partial charge in [0.25, 0.3) is 0 Å².